The number of aldehydes is 2. The molecule has 0 spiro atoms. The molecule has 3 fully saturated rings. The van der Waals surface area contributed by atoms with Gasteiger partial charge in [0.15, 0.2) is 0 Å². The van der Waals surface area contributed by atoms with Crippen LogP contribution in [0.15, 0.2) is 23.0 Å². The molecule has 5 rings (SSSR count). The van der Waals surface area contributed by atoms with Gasteiger partial charge in [0.2, 0.25) is 0 Å². The molecule has 2 N–H and O–H groups in total. The van der Waals surface area contributed by atoms with Crippen LogP contribution in [0.4, 0.5) is 5.69 Å². The molecule has 0 aliphatic carbocycles. The van der Waals surface area contributed by atoms with Crippen molar-refractivity contribution in [1.29, 1.82) is 0 Å². The van der Waals surface area contributed by atoms with Crippen LogP contribution in [0, 0.1) is 5.92 Å². The summed E-state index contributed by atoms with van der Waals surface area (Å²) in [4.78, 5) is 41.5. The number of fused-ring (bicyclic) bond motifs is 1. The second-order valence-electron chi connectivity index (χ2n) is 10.4. The number of imidazole rings is 1. The van der Waals surface area contributed by atoms with Crippen molar-refractivity contribution in [3.05, 3.63) is 28.7 Å². The van der Waals surface area contributed by atoms with Gasteiger partial charge in [-0.25, -0.2) is 4.79 Å². The molecule has 35 heavy (non-hydrogen) atoms. The van der Waals surface area contributed by atoms with Crippen molar-refractivity contribution in [3.63, 3.8) is 0 Å². The normalized spacial score (nSPS) is 26.8. The molecule has 1 aromatic heterocycles. The molecule has 190 valence electrons. The number of nitrogens with zero attached hydrogens (tertiary/aromatic N) is 4. The van der Waals surface area contributed by atoms with Gasteiger partial charge in [0.05, 0.1) is 34.8 Å². The van der Waals surface area contributed by atoms with Crippen molar-refractivity contribution in [2.75, 3.05) is 50.7 Å². The summed E-state index contributed by atoms with van der Waals surface area (Å²) in [5.41, 5.74) is 2.78. The Labute approximate surface area is 206 Å². The van der Waals surface area contributed by atoms with E-state index in [0.29, 0.717) is 12.8 Å². The van der Waals surface area contributed by atoms with Gasteiger partial charge in [-0.3, -0.25) is 14.5 Å². The van der Waals surface area contributed by atoms with Gasteiger partial charge in [-0.15, -0.1) is 0 Å². The van der Waals surface area contributed by atoms with E-state index in [4.69, 9.17) is 0 Å². The first-order chi connectivity index (χ1) is 17.1. The van der Waals surface area contributed by atoms with Crippen molar-refractivity contribution in [2.45, 2.75) is 50.2 Å². The zero-order valence-corrected chi connectivity index (χ0v) is 20.7. The van der Waals surface area contributed by atoms with Crippen molar-refractivity contribution >= 4 is 29.3 Å². The van der Waals surface area contributed by atoms with E-state index in [0.717, 1.165) is 74.5 Å². The summed E-state index contributed by atoms with van der Waals surface area (Å²) in [5, 5.41) is 6.52. The molecule has 2 aromatic rings. The first-order valence-corrected chi connectivity index (χ1v) is 13.1. The van der Waals surface area contributed by atoms with E-state index in [9.17, 15) is 14.4 Å². The van der Waals surface area contributed by atoms with Crippen molar-refractivity contribution in [3.8, 4) is 0 Å². The first kappa shape index (κ1) is 24.2. The van der Waals surface area contributed by atoms with E-state index in [1.807, 2.05) is 19.2 Å². The lowest BCUT2D eigenvalue weighted by Gasteiger charge is -2.35. The number of nitrogens with one attached hydrogen (secondary N) is 2. The van der Waals surface area contributed by atoms with Crippen LogP contribution in [0.5, 0.6) is 0 Å². The molecule has 4 heterocycles. The molecule has 0 amide bonds. The number of hydrogen-bond donors (Lipinski definition) is 2. The Balaban J connectivity index is 1.33. The smallest absolute Gasteiger partial charge is 0.329 e. The lowest BCUT2D eigenvalue weighted by molar-refractivity contribution is -0.113. The van der Waals surface area contributed by atoms with Gasteiger partial charge in [0.1, 0.15) is 12.6 Å². The van der Waals surface area contributed by atoms with E-state index < -0.39 is 6.04 Å². The highest BCUT2D eigenvalue weighted by Gasteiger charge is 2.34. The second-order valence-corrected chi connectivity index (χ2v) is 10.4. The van der Waals surface area contributed by atoms with Crippen LogP contribution in [-0.2, 0) is 16.6 Å². The summed E-state index contributed by atoms with van der Waals surface area (Å²) < 4.78 is 3.50. The summed E-state index contributed by atoms with van der Waals surface area (Å²) in [6.07, 6.45) is 6.51. The fourth-order valence-electron chi connectivity index (χ4n) is 6.25. The topological polar surface area (TPSA) is 91.6 Å². The lowest BCUT2D eigenvalue weighted by Crippen LogP contribution is -2.51. The molecule has 3 aliphatic heterocycles. The monoisotopic (exact) mass is 482 g/mol. The summed E-state index contributed by atoms with van der Waals surface area (Å²) in [6, 6.07) is 4.92. The Kier molecular flexibility index (Phi) is 7.36. The highest BCUT2D eigenvalue weighted by molar-refractivity contribution is 5.90. The van der Waals surface area contributed by atoms with Gasteiger partial charge in [0, 0.05) is 46.3 Å². The van der Waals surface area contributed by atoms with Gasteiger partial charge in [-0.1, -0.05) is 6.07 Å². The SMILES string of the molecule is Cn1c(=O)n(C2CCC(C=O)NC2C=O)c2cccc(N3CCC(CCN4CCNCC4)CC3)c21. The van der Waals surface area contributed by atoms with Crippen LogP contribution in [0.1, 0.15) is 38.1 Å². The standard InChI is InChI=1S/C26H38N6O3/c1-29-25-23(31-13-8-19(9-14-31)7-12-30-15-10-27-11-16-30)3-2-4-24(25)32(26(29)35)22-6-5-20(17-33)28-21(22)18-34/h2-4,17-22,27-28H,5-16H2,1H3. The predicted molar refractivity (Wildman–Crippen MR) is 137 cm³/mol. The average Bonchev–Trinajstić information content (AvgIpc) is 3.17. The third-order valence-corrected chi connectivity index (χ3v) is 8.34. The highest BCUT2D eigenvalue weighted by Crippen LogP contribution is 2.33. The summed E-state index contributed by atoms with van der Waals surface area (Å²) in [7, 11) is 1.82. The maximum absolute atomic E-state index is 13.4. The molecule has 3 saturated heterocycles. The van der Waals surface area contributed by atoms with Crippen LogP contribution in [0.25, 0.3) is 11.0 Å². The summed E-state index contributed by atoms with van der Waals surface area (Å²) >= 11 is 0. The molecule has 9 heteroatoms. The molecule has 3 unspecified atom stereocenters. The molecule has 9 nitrogen and oxygen atoms in total. The van der Waals surface area contributed by atoms with E-state index in [1.165, 1.54) is 25.8 Å². The molecule has 3 aliphatic rings. The Hall–Kier alpha value is -2.49. The molecule has 3 atom stereocenters. The predicted octanol–water partition coefficient (Wildman–Crippen LogP) is 0.911. The minimum atomic E-state index is -0.558. The van der Waals surface area contributed by atoms with Gasteiger partial charge in [0.25, 0.3) is 0 Å². The second kappa shape index (κ2) is 10.6. The number of carbonyl (C=O) groups excluding carboxylic acids is 2. The minimum absolute atomic E-state index is 0.110. The third-order valence-electron chi connectivity index (χ3n) is 8.34. The van der Waals surface area contributed by atoms with Crippen LogP contribution in [0.2, 0.25) is 0 Å². The Bertz CT molecular complexity index is 1100. The summed E-state index contributed by atoms with van der Waals surface area (Å²) in [6.45, 7) is 7.69. The number of benzene rings is 1. The third kappa shape index (κ3) is 4.81. The molecular weight excluding hydrogens is 444 g/mol. The fourth-order valence-corrected chi connectivity index (χ4v) is 6.25. The van der Waals surface area contributed by atoms with Crippen LogP contribution >= 0.6 is 0 Å². The highest BCUT2D eigenvalue weighted by atomic mass is 16.2. The van der Waals surface area contributed by atoms with Crippen LogP contribution in [0.3, 0.4) is 0 Å². The molecule has 0 bridgehead atoms. The number of para-hydroxylation sites is 1. The number of aromatic nitrogens is 2. The Morgan fingerprint density at radius 2 is 1.77 bits per heavy atom. The molecule has 1 aromatic carbocycles. The lowest BCUT2D eigenvalue weighted by atomic mass is 9.92. The largest absolute Gasteiger partial charge is 0.370 e. The first-order valence-electron chi connectivity index (χ1n) is 13.1. The van der Waals surface area contributed by atoms with Crippen LogP contribution in [-0.4, -0.2) is 84.5 Å². The number of hydrogen-bond acceptors (Lipinski definition) is 7. The molecule has 0 radical (unpaired) electrons. The number of anilines is 1. The number of aryl methyl sites for hydroxylation is 1. The maximum Gasteiger partial charge on any atom is 0.329 e. The number of piperidine rings is 2. The number of carbonyl (C=O) groups is 2. The minimum Gasteiger partial charge on any atom is -0.370 e. The van der Waals surface area contributed by atoms with Gasteiger partial charge >= 0.3 is 5.69 Å². The van der Waals surface area contributed by atoms with E-state index in [2.05, 4.69) is 26.5 Å². The van der Waals surface area contributed by atoms with Crippen molar-refractivity contribution in [1.82, 2.24) is 24.7 Å². The summed E-state index contributed by atoms with van der Waals surface area (Å²) in [5.74, 6) is 0.751. The van der Waals surface area contributed by atoms with E-state index >= 15 is 0 Å². The van der Waals surface area contributed by atoms with Crippen LogP contribution < -0.4 is 21.2 Å². The average molecular weight is 483 g/mol. The maximum atomic E-state index is 13.4. The molecular formula is C26H38N6O3. The van der Waals surface area contributed by atoms with Crippen molar-refractivity contribution < 1.29 is 9.59 Å². The van der Waals surface area contributed by atoms with Gasteiger partial charge < -0.3 is 24.7 Å². The van der Waals surface area contributed by atoms with E-state index in [1.54, 1.807) is 9.13 Å². The zero-order valence-electron chi connectivity index (χ0n) is 20.7. The van der Waals surface area contributed by atoms with Gasteiger partial charge in [-0.2, -0.15) is 0 Å². The fraction of sp³-hybridized carbons (Fsp3) is 0.654. The quantitative estimate of drug-likeness (QED) is 0.567. The number of rotatable bonds is 7. The number of piperazine rings is 1. The van der Waals surface area contributed by atoms with E-state index in [-0.39, 0.29) is 17.8 Å². The zero-order chi connectivity index (χ0) is 24.4. The Morgan fingerprint density at radius 3 is 2.49 bits per heavy atom. The molecule has 0 saturated carbocycles. The Morgan fingerprint density at radius 1 is 1.00 bits per heavy atom. The van der Waals surface area contributed by atoms with Crippen molar-refractivity contribution in [2.24, 2.45) is 13.0 Å². The van der Waals surface area contributed by atoms with Gasteiger partial charge in [-0.05, 0) is 56.7 Å².